The molecule has 1 aliphatic rings. The summed E-state index contributed by atoms with van der Waals surface area (Å²) in [7, 11) is 0. The highest BCUT2D eigenvalue weighted by atomic mass is 16.3. The van der Waals surface area contributed by atoms with Crippen LogP contribution in [0.5, 0.6) is 23.0 Å². The van der Waals surface area contributed by atoms with Crippen molar-refractivity contribution in [2.24, 2.45) is 5.10 Å². The summed E-state index contributed by atoms with van der Waals surface area (Å²) in [5, 5.41) is 43.3. The second kappa shape index (κ2) is 4.96. The molecule has 0 aliphatic carbocycles. The van der Waals surface area contributed by atoms with Crippen LogP contribution in [0.3, 0.4) is 0 Å². The molecule has 0 unspecified atom stereocenters. The number of phenolic OH excluding ortho intramolecular Hbond substituents is 4. The van der Waals surface area contributed by atoms with Gasteiger partial charge in [-0.05, 0) is 23.8 Å². The summed E-state index contributed by atoms with van der Waals surface area (Å²) in [5.74, 6) is -2.03. The molecule has 0 saturated carbocycles. The number of hydrogen-bond acceptors (Lipinski definition) is 6. The lowest BCUT2D eigenvalue weighted by Crippen LogP contribution is -2.17. The van der Waals surface area contributed by atoms with Crippen molar-refractivity contribution in [2.75, 3.05) is 0 Å². The fraction of sp³-hybridized carbons (Fsp3) is 0.0667. The van der Waals surface area contributed by atoms with Gasteiger partial charge in [0.05, 0.1) is 18.3 Å². The molecule has 3 rings (SSSR count). The Balaban J connectivity index is 1.90. The lowest BCUT2D eigenvalue weighted by atomic mass is 10.1. The zero-order valence-electron chi connectivity index (χ0n) is 11.3. The first-order chi connectivity index (χ1) is 10.5. The van der Waals surface area contributed by atoms with Gasteiger partial charge in [0.1, 0.15) is 0 Å². The molecule has 22 heavy (non-hydrogen) atoms. The molecule has 7 nitrogen and oxygen atoms in total. The van der Waals surface area contributed by atoms with E-state index in [-0.39, 0.29) is 34.9 Å². The summed E-state index contributed by atoms with van der Waals surface area (Å²) < 4.78 is 0. The molecule has 0 aromatic heterocycles. The number of hydrogen-bond donors (Lipinski definition) is 4. The number of para-hydroxylation sites is 1. The SMILES string of the molecule is O=C1c2c(ccc(O)c2O)CN1N=Cc1cccc(O)c1O. The minimum absolute atomic E-state index is 0.0114. The van der Waals surface area contributed by atoms with Gasteiger partial charge in [-0.2, -0.15) is 5.10 Å². The van der Waals surface area contributed by atoms with Gasteiger partial charge in [0, 0.05) is 5.56 Å². The standard InChI is InChI=1S/C15H12N2O5/c18-10-3-1-2-8(13(10)20)6-16-17-7-9-4-5-11(19)14(21)12(9)15(17)22/h1-6,18-21H,7H2. The van der Waals surface area contributed by atoms with E-state index in [1.807, 2.05) is 0 Å². The van der Waals surface area contributed by atoms with Gasteiger partial charge in [0.25, 0.3) is 5.91 Å². The molecule has 1 heterocycles. The number of hydrazone groups is 1. The lowest BCUT2D eigenvalue weighted by molar-refractivity contribution is 0.0782. The lowest BCUT2D eigenvalue weighted by Gasteiger charge is -2.08. The van der Waals surface area contributed by atoms with E-state index in [0.29, 0.717) is 5.56 Å². The molecule has 0 atom stereocenters. The Morgan fingerprint density at radius 3 is 2.50 bits per heavy atom. The summed E-state index contributed by atoms with van der Waals surface area (Å²) in [4.78, 5) is 12.2. The smallest absolute Gasteiger partial charge is 0.278 e. The van der Waals surface area contributed by atoms with E-state index in [4.69, 9.17) is 0 Å². The maximum atomic E-state index is 12.2. The van der Waals surface area contributed by atoms with Crippen LogP contribution in [0, 0.1) is 0 Å². The second-order valence-electron chi connectivity index (χ2n) is 4.79. The first kappa shape index (κ1) is 13.7. The van der Waals surface area contributed by atoms with Gasteiger partial charge >= 0.3 is 0 Å². The van der Waals surface area contributed by atoms with Crippen LogP contribution in [-0.2, 0) is 6.54 Å². The second-order valence-corrected chi connectivity index (χ2v) is 4.79. The van der Waals surface area contributed by atoms with Gasteiger partial charge in [0.15, 0.2) is 23.0 Å². The van der Waals surface area contributed by atoms with Crippen LogP contribution >= 0.6 is 0 Å². The Hall–Kier alpha value is -3.22. The van der Waals surface area contributed by atoms with E-state index in [9.17, 15) is 25.2 Å². The third kappa shape index (κ3) is 2.08. The first-order valence-corrected chi connectivity index (χ1v) is 6.39. The third-order valence-electron chi connectivity index (χ3n) is 3.39. The third-order valence-corrected chi connectivity index (χ3v) is 3.39. The molecular formula is C15H12N2O5. The maximum Gasteiger partial charge on any atom is 0.278 e. The average molecular weight is 300 g/mol. The average Bonchev–Trinajstić information content (AvgIpc) is 2.82. The highest BCUT2D eigenvalue weighted by Crippen LogP contribution is 2.36. The summed E-state index contributed by atoms with van der Waals surface area (Å²) >= 11 is 0. The number of aromatic hydroxyl groups is 4. The van der Waals surface area contributed by atoms with E-state index in [0.717, 1.165) is 5.01 Å². The largest absolute Gasteiger partial charge is 0.504 e. The van der Waals surface area contributed by atoms with E-state index >= 15 is 0 Å². The predicted molar refractivity (Wildman–Crippen MR) is 77.0 cm³/mol. The molecule has 0 bridgehead atoms. The van der Waals surface area contributed by atoms with Crippen molar-refractivity contribution >= 4 is 12.1 Å². The molecule has 0 saturated heterocycles. The number of rotatable bonds is 2. The van der Waals surface area contributed by atoms with E-state index in [1.54, 1.807) is 0 Å². The first-order valence-electron chi connectivity index (χ1n) is 6.39. The molecule has 7 heteroatoms. The van der Waals surface area contributed by atoms with Crippen molar-refractivity contribution in [1.82, 2.24) is 5.01 Å². The molecule has 1 aliphatic heterocycles. The van der Waals surface area contributed by atoms with Crippen molar-refractivity contribution in [3.8, 4) is 23.0 Å². The van der Waals surface area contributed by atoms with Crippen molar-refractivity contribution in [3.63, 3.8) is 0 Å². The summed E-state index contributed by atoms with van der Waals surface area (Å²) in [6.45, 7) is 0.137. The molecule has 0 fully saturated rings. The van der Waals surface area contributed by atoms with Crippen molar-refractivity contribution in [2.45, 2.75) is 6.54 Å². The fourth-order valence-electron chi connectivity index (χ4n) is 2.23. The van der Waals surface area contributed by atoms with E-state index in [1.165, 1.54) is 36.5 Å². The molecule has 112 valence electrons. The Morgan fingerprint density at radius 1 is 1.00 bits per heavy atom. The van der Waals surface area contributed by atoms with Crippen LogP contribution in [0.25, 0.3) is 0 Å². The van der Waals surface area contributed by atoms with Crippen LogP contribution in [0.15, 0.2) is 35.4 Å². The maximum absolute atomic E-state index is 12.2. The van der Waals surface area contributed by atoms with Gasteiger partial charge in [-0.1, -0.05) is 12.1 Å². The number of benzene rings is 2. The predicted octanol–water partition coefficient (Wildman–Crippen LogP) is 1.50. The van der Waals surface area contributed by atoms with Gasteiger partial charge in [-0.15, -0.1) is 0 Å². The molecule has 1 amide bonds. The number of carbonyl (C=O) groups excluding carboxylic acids is 1. The Bertz CT molecular complexity index is 801. The summed E-state index contributed by atoms with van der Waals surface area (Å²) in [5.41, 5.74) is 0.797. The number of nitrogens with zero attached hydrogens (tertiary/aromatic N) is 2. The van der Waals surface area contributed by atoms with E-state index in [2.05, 4.69) is 5.10 Å². The monoisotopic (exact) mass is 300 g/mol. The van der Waals surface area contributed by atoms with Gasteiger partial charge in [0.2, 0.25) is 0 Å². The number of phenols is 4. The van der Waals surface area contributed by atoms with Crippen LogP contribution in [0.2, 0.25) is 0 Å². The molecule has 0 spiro atoms. The zero-order chi connectivity index (χ0) is 15.9. The molecular weight excluding hydrogens is 288 g/mol. The van der Waals surface area contributed by atoms with Crippen molar-refractivity contribution < 1.29 is 25.2 Å². The quantitative estimate of drug-likeness (QED) is 0.496. The van der Waals surface area contributed by atoms with E-state index < -0.39 is 11.7 Å². The summed E-state index contributed by atoms with van der Waals surface area (Å²) in [6.07, 6.45) is 1.23. The van der Waals surface area contributed by atoms with Gasteiger partial charge < -0.3 is 20.4 Å². The minimum Gasteiger partial charge on any atom is -0.504 e. The summed E-state index contributed by atoms with van der Waals surface area (Å²) in [6, 6.07) is 7.21. The Morgan fingerprint density at radius 2 is 1.73 bits per heavy atom. The fourth-order valence-corrected chi connectivity index (χ4v) is 2.23. The number of fused-ring (bicyclic) bond motifs is 1. The molecule has 2 aromatic rings. The van der Waals surface area contributed by atoms with Crippen molar-refractivity contribution in [3.05, 3.63) is 47.0 Å². The Labute approximate surface area is 125 Å². The topological polar surface area (TPSA) is 114 Å². The van der Waals surface area contributed by atoms with Crippen LogP contribution in [0.1, 0.15) is 21.5 Å². The number of amides is 1. The van der Waals surface area contributed by atoms with Crippen LogP contribution in [-0.4, -0.2) is 37.6 Å². The normalized spacial score (nSPS) is 13.8. The molecule has 0 radical (unpaired) electrons. The molecule has 2 aromatic carbocycles. The van der Waals surface area contributed by atoms with Gasteiger partial charge in [-0.25, -0.2) is 5.01 Å². The highest BCUT2D eigenvalue weighted by molar-refractivity contribution is 6.02. The van der Waals surface area contributed by atoms with Crippen LogP contribution in [0.4, 0.5) is 0 Å². The number of carbonyl (C=O) groups is 1. The van der Waals surface area contributed by atoms with Crippen LogP contribution < -0.4 is 0 Å². The van der Waals surface area contributed by atoms with Crippen molar-refractivity contribution in [1.29, 1.82) is 0 Å². The Kier molecular flexibility index (Phi) is 3.10. The zero-order valence-corrected chi connectivity index (χ0v) is 11.3. The van der Waals surface area contributed by atoms with Gasteiger partial charge in [-0.3, -0.25) is 4.79 Å². The molecule has 4 N–H and O–H groups in total. The minimum atomic E-state index is -0.556. The highest BCUT2D eigenvalue weighted by Gasteiger charge is 2.31.